The molecule has 6 nitrogen and oxygen atoms in total. The van der Waals surface area contributed by atoms with Gasteiger partial charge in [-0.05, 0) is 0 Å². The molecule has 1 aromatic rings. The monoisotopic (exact) mass is 191 g/mol. The van der Waals surface area contributed by atoms with Crippen molar-refractivity contribution in [3.8, 4) is 0 Å². The van der Waals surface area contributed by atoms with Crippen LogP contribution >= 0.6 is 0 Å². The Balaban J connectivity index is 2.61. The van der Waals surface area contributed by atoms with Gasteiger partial charge in [0, 0.05) is 6.07 Å². The zero-order valence-corrected chi connectivity index (χ0v) is 7.23. The molecule has 0 aliphatic rings. The first-order valence-electron chi connectivity index (χ1n) is 3.18. The summed E-state index contributed by atoms with van der Waals surface area (Å²) in [6.07, 6.45) is 1.05. The highest BCUT2D eigenvalue weighted by molar-refractivity contribution is 7.88. The zero-order valence-electron chi connectivity index (χ0n) is 6.42. The maximum Gasteiger partial charge on any atom is 0.264 e. The largest absolute Gasteiger partial charge is 0.301 e. The standard InChI is InChI=1S/C5H9N3O3S/c1-12(10,11)6-3-4-2-5(9)8-7-4/h2,6H,3H2,1H3,(H2,7,8,9). The lowest BCUT2D eigenvalue weighted by molar-refractivity contribution is 0.586. The van der Waals surface area contributed by atoms with Crippen molar-refractivity contribution in [2.24, 2.45) is 0 Å². The Morgan fingerprint density at radius 1 is 1.50 bits per heavy atom. The number of nitrogens with one attached hydrogen (secondary N) is 3. The predicted octanol–water partition coefficient (Wildman–Crippen LogP) is -1.25. The molecule has 1 heterocycles. The predicted molar refractivity (Wildman–Crippen MR) is 43.1 cm³/mol. The third-order valence-electron chi connectivity index (χ3n) is 1.18. The van der Waals surface area contributed by atoms with Crippen molar-refractivity contribution in [1.29, 1.82) is 0 Å². The molecule has 68 valence electrons. The van der Waals surface area contributed by atoms with Gasteiger partial charge in [-0.2, -0.15) is 0 Å². The number of rotatable bonds is 3. The highest BCUT2D eigenvalue weighted by Gasteiger charge is 2.01. The number of H-pyrrole nitrogens is 2. The van der Waals surface area contributed by atoms with Crippen LogP contribution in [0.5, 0.6) is 0 Å². The van der Waals surface area contributed by atoms with Crippen molar-refractivity contribution in [2.75, 3.05) is 6.26 Å². The molecule has 1 rings (SSSR count). The Bertz CT molecular complexity index is 402. The maximum atomic E-state index is 10.6. The molecule has 3 N–H and O–H groups in total. The van der Waals surface area contributed by atoms with Crippen molar-refractivity contribution in [3.05, 3.63) is 22.1 Å². The van der Waals surface area contributed by atoms with E-state index in [0.717, 1.165) is 6.26 Å². The minimum atomic E-state index is -3.20. The Morgan fingerprint density at radius 2 is 2.17 bits per heavy atom. The second kappa shape index (κ2) is 3.11. The fourth-order valence-electron chi connectivity index (χ4n) is 0.676. The number of hydrogen-bond acceptors (Lipinski definition) is 3. The summed E-state index contributed by atoms with van der Waals surface area (Å²) in [5.74, 6) is 0. The van der Waals surface area contributed by atoms with Crippen LogP contribution in [-0.2, 0) is 16.6 Å². The lowest BCUT2D eigenvalue weighted by atomic mass is 10.4. The molecule has 12 heavy (non-hydrogen) atoms. The van der Waals surface area contributed by atoms with Crippen LogP contribution in [0.3, 0.4) is 0 Å². The van der Waals surface area contributed by atoms with Gasteiger partial charge in [-0.15, -0.1) is 0 Å². The number of aromatic amines is 2. The third-order valence-corrected chi connectivity index (χ3v) is 1.85. The normalized spacial score (nSPS) is 11.8. The highest BCUT2D eigenvalue weighted by Crippen LogP contribution is 1.87. The van der Waals surface area contributed by atoms with Crippen LogP contribution in [0.25, 0.3) is 0 Å². The van der Waals surface area contributed by atoms with E-state index < -0.39 is 10.0 Å². The van der Waals surface area contributed by atoms with Gasteiger partial charge in [-0.25, -0.2) is 13.1 Å². The molecule has 0 spiro atoms. The molecule has 0 fully saturated rings. The first kappa shape index (κ1) is 9.01. The molecule has 0 aliphatic carbocycles. The molecular formula is C5H9N3O3S. The number of hydrogen-bond donors (Lipinski definition) is 3. The first-order valence-corrected chi connectivity index (χ1v) is 5.08. The van der Waals surface area contributed by atoms with E-state index in [0.29, 0.717) is 5.69 Å². The van der Waals surface area contributed by atoms with E-state index in [4.69, 9.17) is 0 Å². The van der Waals surface area contributed by atoms with Crippen LogP contribution in [0.4, 0.5) is 0 Å². The van der Waals surface area contributed by atoms with Gasteiger partial charge in [0.15, 0.2) is 0 Å². The van der Waals surface area contributed by atoms with Gasteiger partial charge in [-0.1, -0.05) is 0 Å². The summed E-state index contributed by atoms with van der Waals surface area (Å²) in [6, 6.07) is 1.29. The third kappa shape index (κ3) is 2.89. The van der Waals surface area contributed by atoms with Crippen molar-refractivity contribution in [2.45, 2.75) is 6.54 Å². The van der Waals surface area contributed by atoms with Crippen molar-refractivity contribution >= 4 is 10.0 Å². The molecule has 0 saturated carbocycles. The maximum absolute atomic E-state index is 10.6. The molecule has 0 aliphatic heterocycles. The Kier molecular flexibility index (Phi) is 2.34. The number of aromatic nitrogens is 2. The Labute approximate surface area is 69.0 Å². The summed E-state index contributed by atoms with van der Waals surface area (Å²) in [6.45, 7) is 0.0948. The van der Waals surface area contributed by atoms with Crippen LogP contribution < -0.4 is 10.3 Å². The van der Waals surface area contributed by atoms with Crippen molar-refractivity contribution in [3.63, 3.8) is 0 Å². The Morgan fingerprint density at radius 3 is 2.58 bits per heavy atom. The first-order chi connectivity index (χ1) is 5.47. The summed E-state index contributed by atoms with van der Waals surface area (Å²) >= 11 is 0. The summed E-state index contributed by atoms with van der Waals surface area (Å²) in [7, 11) is -3.20. The average Bonchev–Trinajstić information content (AvgIpc) is 2.30. The molecule has 7 heteroatoms. The molecule has 0 aromatic carbocycles. The lowest BCUT2D eigenvalue weighted by Crippen LogP contribution is -2.21. The lowest BCUT2D eigenvalue weighted by Gasteiger charge is -1.97. The molecule has 0 saturated heterocycles. The Hall–Kier alpha value is -1.08. The summed E-state index contributed by atoms with van der Waals surface area (Å²) in [5.41, 5.74) is 0.228. The van der Waals surface area contributed by atoms with E-state index in [1.807, 2.05) is 0 Å². The van der Waals surface area contributed by atoms with Crippen LogP contribution in [0, 0.1) is 0 Å². The van der Waals surface area contributed by atoms with Gasteiger partial charge < -0.3 is 5.10 Å². The summed E-state index contributed by atoms with van der Waals surface area (Å²) in [4.78, 5) is 10.6. The van der Waals surface area contributed by atoms with Crippen LogP contribution in [-0.4, -0.2) is 24.9 Å². The average molecular weight is 191 g/mol. The second-order valence-electron chi connectivity index (χ2n) is 2.38. The summed E-state index contributed by atoms with van der Waals surface area (Å²) < 4.78 is 23.4. The molecule has 0 bridgehead atoms. The molecule has 1 aromatic heterocycles. The molecule has 0 atom stereocenters. The van der Waals surface area contributed by atoms with E-state index in [9.17, 15) is 13.2 Å². The van der Waals surface area contributed by atoms with Gasteiger partial charge >= 0.3 is 0 Å². The second-order valence-corrected chi connectivity index (χ2v) is 4.21. The van der Waals surface area contributed by atoms with Gasteiger partial charge in [-0.3, -0.25) is 9.89 Å². The zero-order chi connectivity index (χ0) is 9.19. The van der Waals surface area contributed by atoms with Crippen LogP contribution in [0.1, 0.15) is 5.69 Å². The van der Waals surface area contributed by atoms with E-state index >= 15 is 0 Å². The van der Waals surface area contributed by atoms with Crippen LogP contribution in [0.2, 0.25) is 0 Å². The van der Waals surface area contributed by atoms with E-state index in [1.165, 1.54) is 6.07 Å². The molecule has 0 amide bonds. The fourth-order valence-corrected chi connectivity index (χ4v) is 1.09. The van der Waals surface area contributed by atoms with Gasteiger partial charge in [0.05, 0.1) is 18.5 Å². The van der Waals surface area contributed by atoms with Crippen molar-refractivity contribution in [1.82, 2.24) is 14.9 Å². The van der Waals surface area contributed by atoms with E-state index in [-0.39, 0.29) is 12.1 Å². The number of sulfonamides is 1. The quantitative estimate of drug-likeness (QED) is 0.557. The minimum Gasteiger partial charge on any atom is -0.301 e. The van der Waals surface area contributed by atoms with Crippen LogP contribution in [0.15, 0.2) is 10.9 Å². The smallest absolute Gasteiger partial charge is 0.264 e. The van der Waals surface area contributed by atoms with E-state index in [1.54, 1.807) is 0 Å². The van der Waals surface area contributed by atoms with Gasteiger partial charge in [0.2, 0.25) is 10.0 Å². The molecule has 0 unspecified atom stereocenters. The van der Waals surface area contributed by atoms with Gasteiger partial charge in [0.25, 0.3) is 5.56 Å². The minimum absolute atomic E-state index is 0.0948. The highest BCUT2D eigenvalue weighted by atomic mass is 32.2. The molecular weight excluding hydrogens is 182 g/mol. The van der Waals surface area contributed by atoms with Gasteiger partial charge in [0.1, 0.15) is 0 Å². The molecule has 0 radical (unpaired) electrons. The SMILES string of the molecule is CS(=O)(=O)NCc1cc(=O)[nH][nH]1. The fraction of sp³-hybridized carbons (Fsp3) is 0.400. The topological polar surface area (TPSA) is 94.8 Å². The van der Waals surface area contributed by atoms with E-state index in [2.05, 4.69) is 14.9 Å². The summed E-state index contributed by atoms with van der Waals surface area (Å²) in [5, 5.41) is 4.80. The van der Waals surface area contributed by atoms with Crippen molar-refractivity contribution < 1.29 is 8.42 Å².